The fourth-order valence-corrected chi connectivity index (χ4v) is 2.16. The van der Waals surface area contributed by atoms with Gasteiger partial charge < -0.3 is 14.8 Å². The number of ether oxygens (including phenoxy) is 2. The Hall–Kier alpha value is -0.940. The molecule has 0 amide bonds. The maximum atomic E-state index is 5.19. The number of nitrogens with zero attached hydrogens (tertiary/aromatic N) is 1. The van der Waals surface area contributed by atoms with Gasteiger partial charge in [-0.3, -0.25) is 4.90 Å². The molecule has 0 saturated heterocycles. The normalized spacial score (nSPS) is 12.8. The van der Waals surface area contributed by atoms with Crippen LogP contribution in [0.25, 0.3) is 0 Å². The molecule has 0 bridgehead atoms. The lowest BCUT2D eigenvalue weighted by atomic mass is 10.0. The predicted octanol–water partition coefficient (Wildman–Crippen LogP) is 1.85. The monoisotopic (exact) mass is 280 g/mol. The molecule has 1 rings (SSSR count). The van der Waals surface area contributed by atoms with Crippen LogP contribution < -0.4 is 5.32 Å². The van der Waals surface area contributed by atoms with E-state index < -0.39 is 0 Å². The molecule has 1 aromatic rings. The molecular weight excluding hydrogens is 252 g/mol. The third-order valence-corrected chi connectivity index (χ3v) is 3.49. The molecular formula is C16H28N2O2. The lowest BCUT2D eigenvalue weighted by Gasteiger charge is -2.27. The molecule has 0 aliphatic rings. The second-order valence-electron chi connectivity index (χ2n) is 5.04. The van der Waals surface area contributed by atoms with Crippen LogP contribution in [0.3, 0.4) is 0 Å². The fraction of sp³-hybridized carbons (Fsp3) is 0.625. The standard InChI is InChI=1S/C16H28N2O2/c1-14-5-7-15(8-6-14)16(17-2)13-18(9-11-19-3)10-12-20-4/h5-8,16-17H,9-13H2,1-4H3. The van der Waals surface area contributed by atoms with Crippen molar-refractivity contribution in [1.82, 2.24) is 10.2 Å². The smallest absolute Gasteiger partial charge is 0.0589 e. The van der Waals surface area contributed by atoms with Gasteiger partial charge in [-0.2, -0.15) is 0 Å². The van der Waals surface area contributed by atoms with Crippen molar-refractivity contribution >= 4 is 0 Å². The van der Waals surface area contributed by atoms with E-state index in [9.17, 15) is 0 Å². The van der Waals surface area contributed by atoms with Gasteiger partial charge in [0.15, 0.2) is 0 Å². The van der Waals surface area contributed by atoms with E-state index >= 15 is 0 Å². The van der Waals surface area contributed by atoms with Crippen LogP contribution in [0.2, 0.25) is 0 Å². The molecule has 0 aromatic heterocycles. The van der Waals surface area contributed by atoms with E-state index in [4.69, 9.17) is 9.47 Å². The van der Waals surface area contributed by atoms with Crippen LogP contribution in [-0.2, 0) is 9.47 Å². The number of aryl methyl sites for hydroxylation is 1. The van der Waals surface area contributed by atoms with Crippen molar-refractivity contribution in [2.24, 2.45) is 0 Å². The molecule has 4 nitrogen and oxygen atoms in total. The van der Waals surface area contributed by atoms with Crippen LogP contribution in [-0.4, -0.2) is 59.0 Å². The maximum Gasteiger partial charge on any atom is 0.0589 e. The average Bonchev–Trinajstić information content (AvgIpc) is 2.47. The van der Waals surface area contributed by atoms with E-state index in [-0.39, 0.29) is 0 Å². The lowest BCUT2D eigenvalue weighted by molar-refractivity contribution is 0.108. The molecule has 0 heterocycles. The molecule has 0 spiro atoms. The SMILES string of the molecule is CNC(CN(CCOC)CCOC)c1ccc(C)cc1. The van der Waals surface area contributed by atoms with Crippen LogP contribution in [0.5, 0.6) is 0 Å². The summed E-state index contributed by atoms with van der Waals surface area (Å²) in [6.07, 6.45) is 0. The minimum Gasteiger partial charge on any atom is -0.383 e. The van der Waals surface area contributed by atoms with Gasteiger partial charge in [0, 0.05) is 39.9 Å². The van der Waals surface area contributed by atoms with Crippen molar-refractivity contribution in [3.63, 3.8) is 0 Å². The maximum absolute atomic E-state index is 5.19. The van der Waals surface area contributed by atoms with Gasteiger partial charge >= 0.3 is 0 Å². The zero-order chi connectivity index (χ0) is 14.8. The lowest BCUT2D eigenvalue weighted by Crippen LogP contribution is -2.37. The van der Waals surface area contributed by atoms with Gasteiger partial charge in [-0.15, -0.1) is 0 Å². The van der Waals surface area contributed by atoms with Gasteiger partial charge in [-0.25, -0.2) is 0 Å². The Balaban J connectivity index is 2.63. The fourth-order valence-electron chi connectivity index (χ4n) is 2.16. The summed E-state index contributed by atoms with van der Waals surface area (Å²) in [6.45, 7) is 6.39. The van der Waals surface area contributed by atoms with E-state index in [1.54, 1.807) is 14.2 Å². The van der Waals surface area contributed by atoms with Crippen molar-refractivity contribution in [3.05, 3.63) is 35.4 Å². The van der Waals surface area contributed by atoms with Crippen LogP contribution in [0.4, 0.5) is 0 Å². The topological polar surface area (TPSA) is 33.7 Å². The molecule has 0 aliphatic carbocycles. The molecule has 20 heavy (non-hydrogen) atoms. The van der Waals surface area contributed by atoms with Crippen LogP contribution in [0, 0.1) is 6.92 Å². The molecule has 1 atom stereocenters. The second kappa shape index (κ2) is 9.88. The number of methoxy groups -OCH3 is 2. The predicted molar refractivity (Wildman–Crippen MR) is 83.2 cm³/mol. The molecule has 114 valence electrons. The number of likely N-dealkylation sites (N-methyl/N-ethyl adjacent to an activating group) is 1. The number of rotatable bonds is 10. The number of nitrogens with one attached hydrogen (secondary N) is 1. The summed E-state index contributed by atoms with van der Waals surface area (Å²) in [7, 11) is 5.49. The Labute approximate surface area is 123 Å². The van der Waals surface area contributed by atoms with Crippen LogP contribution in [0.15, 0.2) is 24.3 Å². The highest BCUT2D eigenvalue weighted by Crippen LogP contribution is 2.15. The summed E-state index contributed by atoms with van der Waals surface area (Å²) in [5.41, 5.74) is 2.61. The minimum atomic E-state index is 0.323. The first kappa shape index (κ1) is 17.1. The highest BCUT2D eigenvalue weighted by Gasteiger charge is 2.14. The van der Waals surface area contributed by atoms with Crippen molar-refractivity contribution in [3.8, 4) is 0 Å². The zero-order valence-electron chi connectivity index (χ0n) is 13.2. The van der Waals surface area contributed by atoms with Crippen molar-refractivity contribution in [2.45, 2.75) is 13.0 Å². The zero-order valence-corrected chi connectivity index (χ0v) is 13.2. The van der Waals surface area contributed by atoms with Crippen molar-refractivity contribution in [1.29, 1.82) is 0 Å². The van der Waals surface area contributed by atoms with Gasteiger partial charge in [-0.1, -0.05) is 29.8 Å². The quantitative estimate of drug-likeness (QED) is 0.709. The molecule has 0 saturated carbocycles. The van der Waals surface area contributed by atoms with Gasteiger partial charge in [0.25, 0.3) is 0 Å². The summed E-state index contributed by atoms with van der Waals surface area (Å²) in [5, 5.41) is 3.40. The van der Waals surface area contributed by atoms with Crippen LogP contribution >= 0.6 is 0 Å². The molecule has 0 aliphatic heterocycles. The summed E-state index contributed by atoms with van der Waals surface area (Å²) in [5.74, 6) is 0. The van der Waals surface area contributed by atoms with Gasteiger partial charge in [0.2, 0.25) is 0 Å². The van der Waals surface area contributed by atoms with Gasteiger partial charge in [0.1, 0.15) is 0 Å². The summed E-state index contributed by atoms with van der Waals surface area (Å²) >= 11 is 0. The third-order valence-electron chi connectivity index (χ3n) is 3.49. The molecule has 4 heteroatoms. The minimum absolute atomic E-state index is 0.323. The molecule has 0 radical (unpaired) electrons. The van der Waals surface area contributed by atoms with E-state index in [0.29, 0.717) is 6.04 Å². The van der Waals surface area contributed by atoms with E-state index in [2.05, 4.69) is 41.4 Å². The number of hydrogen-bond acceptors (Lipinski definition) is 4. The third kappa shape index (κ3) is 6.01. The molecule has 1 N–H and O–H groups in total. The number of benzene rings is 1. The van der Waals surface area contributed by atoms with E-state index in [0.717, 1.165) is 32.8 Å². The molecule has 1 unspecified atom stereocenters. The van der Waals surface area contributed by atoms with Crippen molar-refractivity contribution < 1.29 is 9.47 Å². The average molecular weight is 280 g/mol. The number of hydrogen-bond donors (Lipinski definition) is 1. The first-order valence-electron chi connectivity index (χ1n) is 7.15. The van der Waals surface area contributed by atoms with E-state index in [1.165, 1.54) is 11.1 Å². The van der Waals surface area contributed by atoms with Gasteiger partial charge in [-0.05, 0) is 19.5 Å². The highest BCUT2D eigenvalue weighted by atomic mass is 16.5. The largest absolute Gasteiger partial charge is 0.383 e. The Bertz CT molecular complexity index is 346. The Kier molecular flexibility index (Phi) is 8.46. The summed E-state index contributed by atoms with van der Waals surface area (Å²) in [4.78, 5) is 2.37. The van der Waals surface area contributed by atoms with Crippen LogP contribution in [0.1, 0.15) is 17.2 Å². The van der Waals surface area contributed by atoms with Gasteiger partial charge in [0.05, 0.1) is 13.2 Å². The summed E-state index contributed by atoms with van der Waals surface area (Å²) < 4.78 is 10.4. The Morgan fingerprint density at radius 2 is 1.60 bits per heavy atom. The molecule has 1 aromatic carbocycles. The first-order valence-corrected chi connectivity index (χ1v) is 7.15. The molecule has 0 fully saturated rings. The Morgan fingerprint density at radius 1 is 1.05 bits per heavy atom. The summed E-state index contributed by atoms with van der Waals surface area (Å²) in [6, 6.07) is 9.04. The van der Waals surface area contributed by atoms with Crippen molar-refractivity contribution in [2.75, 3.05) is 54.1 Å². The second-order valence-corrected chi connectivity index (χ2v) is 5.04. The first-order chi connectivity index (χ1) is 9.71. The highest BCUT2D eigenvalue weighted by molar-refractivity contribution is 5.24. The van der Waals surface area contributed by atoms with E-state index in [1.807, 2.05) is 7.05 Å². The Morgan fingerprint density at radius 3 is 2.05 bits per heavy atom.